The summed E-state index contributed by atoms with van der Waals surface area (Å²) in [6, 6.07) is 12.4. The monoisotopic (exact) mass is 476 g/mol. The second kappa shape index (κ2) is 9.72. The second-order valence-corrected chi connectivity index (χ2v) is 9.67. The maximum atomic E-state index is 13.8. The number of amides is 1. The lowest BCUT2D eigenvalue weighted by molar-refractivity contribution is 0.0936. The van der Waals surface area contributed by atoms with Crippen molar-refractivity contribution in [1.82, 2.24) is 15.3 Å². The fraction of sp³-hybridized carbons (Fsp3) is 0.393. The maximum absolute atomic E-state index is 13.8. The van der Waals surface area contributed by atoms with E-state index in [0.29, 0.717) is 17.2 Å². The van der Waals surface area contributed by atoms with Gasteiger partial charge in [0.1, 0.15) is 11.6 Å². The van der Waals surface area contributed by atoms with Crippen molar-refractivity contribution in [3.63, 3.8) is 0 Å². The van der Waals surface area contributed by atoms with E-state index in [1.165, 1.54) is 24.3 Å². The van der Waals surface area contributed by atoms with Crippen LogP contribution < -0.4 is 10.2 Å². The van der Waals surface area contributed by atoms with Gasteiger partial charge in [0.15, 0.2) is 0 Å². The van der Waals surface area contributed by atoms with Crippen molar-refractivity contribution in [3.8, 4) is 0 Å². The first-order chi connectivity index (χ1) is 17.0. The number of anilines is 1. The van der Waals surface area contributed by atoms with Gasteiger partial charge in [0, 0.05) is 24.7 Å². The number of halogens is 2. The second-order valence-electron chi connectivity index (χ2n) is 9.67. The predicted molar refractivity (Wildman–Crippen MR) is 131 cm³/mol. The molecule has 1 unspecified atom stereocenters. The van der Waals surface area contributed by atoms with Crippen molar-refractivity contribution in [3.05, 3.63) is 88.7 Å². The molecule has 1 aliphatic heterocycles. The Labute approximate surface area is 204 Å². The Hall–Kier alpha value is -3.35. The van der Waals surface area contributed by atoms with Crippen LogP contribution in [0.4, 0.5) is 14.7 Å². The summed E-state index contributed by atoms with van der Waals surface area (Å²) in [7, 11) is 0. The van der Waals surface area contributed by atoms with Crippen LogP contribution in [0.2, 0.25) is 0 Å². The average Bonchev–Trinajstić information content (AvgIpc) is 3.58. The first-order valence-electron chi connectivity index (χ1n) is 12.4. The minimum Gasteiger partial charge on any atom is -0.345 e. The number of hydrogen-bond donors (Lipinski definition) is 1. The van der Waals surface area contributed by atoms with Crippen molar-refractivity contribution < 1.29 is 13.6 Å². The van der Waals surface area contributed by atoms with E-state index in [0.717, 1.165) is 62.7 Å². The van der Waals surface area contributed by atoms with Crippen LogP contribution in [0.15, 0.2) is 54.7 Å². The molecular formula is C28H30F2N4O. The fourth-order valence-electron chi connectivity index (χ4n) is 5.49. The zero-order chi connectivity index (χ0) is 24.4. The van der Waals surface area contributed by atoms with E-state index in [-0.39, 0.29) is 23.6 Å². The van der Waals surface area contributed by atoms with Gasteiger partial charge in [0.25, 0.3) is 5.91 Å². The fourth-order valence-corrected chi connectivity index (χ4v) is 5.49. The number of carbonyl (C=O) groups excluding carboxylic acids is 1. The van der Waals surface area contributed by atoms with Crippen molar-refractivity contribution in [2.24, 2.45) is 0 Å². The van der Waals surface area contributed by atoms with Crippen LogP contribution in [0, 0.1) is 11.6 Å². The summed E-state index contributed by atoms with van der Waals surface area (Å²) >= 11 is 0. The molecule has 0 spiro atoms. The van der Waals surface area contributed by atoms with E-state index in [9.17, 15) is 13.6 Å². The molecule has 0 bridgehead atoms. The molecule has 2 aromatic carbocycles. The van der Waals surface area contributed by atoms with E-state index in [2.05, 4.69) is 15.2 Å². The van der Waals surface area contributed by atoms with Crippen LogP contribution in [0.25, 0.3) is 0 Å². The minimum atomic E-state index is -0.475. The van der Waals surface area contributed by atoms with Gasteiger partial charge < -0.3 is 10.2 Å². The van der Waals surface area contributed by atoms with Crippen LogP contribution >= 0.6 is 0 Å². The average molecular weight is 477 g/mol. The van der Waals surface area contributed by atoms with Crippen molar-refractivity contribution in [1.29, 1.82) is 0 Å². The first kappa shape index (κ1) is 23.4. The lowest BCUT2D eigenvalue weighted by Gasteiger charge is -2.32. The van der Waals surface area contributed by atoms with Gasteiger partial charge in [0.2, 0.25) is 5.95 Å². The Morgan fingerprint density at radius 2 is 1.54 bits per heavy atom. The van der Waals surface area contributed by atoms with Crippen molar-refractivity contribution in [2.45, 2.75) is 56.9 Å². The van der Waals surface area contributed by atoms with Crippen LogP contribution in [0.3, 0.4) is 0 Å². The predicted octanol–water partition coefficient (Wildman–Crippen LogP) is 5.71. The molecule has 0 radical (unpaired) electrons. The number of carbonyl (C=O) groups is 1. The largest absolute Gasteiger partial charge is 0.345 e. The highest BCUT2D eigenvalue weighted by Crippen LogP contribution is 2.47. The van der Waals surface area contributed by atoms with E-state index in [1.807, 2.05) is 19.1 Å². The van der Waals surface area contributed by atoms with Gasteiger partial charge in [0.05, 0.1) is 17.3 Å². The Kier molecular flexibility index (Phi) is 6.50. The summed E-state index contributed by atoms with van der Waals surface area (Å²) in [4.78, 5) is 25.4. The van der Waals surface area contributed by atoms with E-state index < -0.39 is 5.41 Å². The van der Waals surface area contributed by atoms with Gasteiger partial charge in [-0.25, -0.2) is 18.7 Å². The minimum absolute atomic E-state index is 0.266. The van der Waals surface area contributed by atoms with Gasteiger partial charge in [-0.1, -0.05) is 37.1 Å². The van der Waals surface area contributed by atoms with E-state index >= 15 is 0 Å². The van der Waals surface area contributed by atoms with Crippen molar-refractivity contribution >= 4 is 11.9 Å². The molecular weight excluding hydrogens is 446 g/mol. The summed E-state index contributed by atoms with van der Waals surface area (Å²) in [5, 5.41) is 3.05. The lowest BCUT2D eigenvalue weighted by atomic mass is 9.74. The number of nitrogens with zero attached hydrogens (tertiary/aromatic N) is 3. The number of hydrogen-bond acceptors (Lipinski definition) is 4. The Morgan fingerprint density at radius 3 is 2.17 bits per heavy atom. The SMILES string of the molecule is CC(NC(=O)c1cnc(N2CCCC2)nc1C1(c2ccc(F)cc2)CCCC1)c1ccc(F)cc1. The van der Waals surface area contributed by atoms with Crippen molar-refractivity contribution in [2.75, 3.05) is 18.0 Å². The molecule has 182 valence electrons. The van der Waals surface area contributed by atoms with Gasteiger partial charge in [-0.2, -0.15) is 0 Å². The number of aromatic nitrogens is 2. The molecule has 1 N–H and O–H groups in total. The van der Waals surface area contributed by atoms with Crippen LogP contribution in [0.1, 0.15) is 78.7 Å². The summed E-state index contributed by atoms with van der Waals surface area (Å²) in [5.41, 5.74) is 2.46. The summed E-state index contributed by atoms with van der Waals surface area (Å²) < 4.78 is 27.2. The van der Waals surface area contributed by atoms with Crippen LogP contribution in [-0.4, -0.2) is 29.0 Å². The number of rotatable bonds is 6. The van der Waals surface area contributed by atoms with Gasteiger partial charge in [-0.15, -0.1) is 0 Å². The van der Waals surface area contributed by atoms with Crippen LogP contribution in [-0.2, 0) is 5.41 Å². The van der Waals surface area contributed by atoms with Gasteiger partial charge in [-0.05, 0) is 68.0 Å². The molecule has 3 aromatic rings. The molecule has 1 saturated carbocycles. The zero-order valence-electron chi connectivity index (χ0n) is 19.9. The summed E-state index contributed by atoms with van der Waals surface area (Å²) in [6.07, 6.45) is 7.53. The molecule has 1 aliphatic carbocycles. The standard InChI is InChI=1S/C28H30F2N4O/c1-19(20-6-10-22(29)11-7-20)32-26(35)24-18-31-27(34-16-4-5-17-34)33-25(24)28(14-2-3-15-28)21-8-12-23(30)13-9-21/h6-13,18-19H,2-5,14-17H2,1H3,(H,32,35). The molecule has 1 amide bonds. The topological polar surface area (TPSA) is 58.1 Å². The molecule has 1 atom stereocenters. The van der Waals surface area contributed by atoms with E-state index in [1.54, 1.807) is 18.3 Å². The Bertz CT molecular complexity index is 1180. The highest BCUT2D eigenvalue weighted by atomic mass is 19.1. The first-order valence-corrected chi connectivity index (χ1v) is 12.4. The quantitative estimate of drug-likeness (QED) is 0.495. The highest BCUT2D eigenvalue weighted by Gasteiger charge is 2.42. The molecule has 1 saturated heterocycles. The molecule has 1 aromatic heterocycles. The summed E-state index contributed by atoms with van der Waals surface area (Å²) in [5.74, 6) is -0.219. The molecule has 2 heterocycles. The third-order valence-corrected chi connectivity index (χ3v) is 7.43. The third-order valence-electron chi connectivity index (χ3n) is 7.43. The Morgan fingerprint density at radius 1 is 0.943 bits per heavy atom. The lowest BCUT2D eigenvalue weighted by Crippen LogP contribution is -2.34. The molecule has 2 aliphatic rings. The Balaban J connectivity index is 1.56. The zero-order valence-corrected chi connectivity index (χ0v) is 19.9. The normalized spacial score (nSPS) is 18.0. The third kappa shape index (κ3) is 4.64. The van der Waals surface area contributed by atoms with E-state index in [4.69, 9.17) is 4.98 Å². The molecule has 5 rings (SSSR count). The molecule has 5 nitrogen and oxygen atoms in total. The van der Waals surface area contributed by atoms with Crippen LogP contribution in [0.5, 0.6) is 0 Å². The number of benzene rings is 2. The molecule has 35 heavy (non-hydrogen) atoms. The highest BCUT2D eigenvalue weighted by molar-refractivity contribution is 5.96. The molecule has 7 heteroatoms. The summed E-state index contributed by atoms with van der Waals surface area (Å²) in [6.45, 7) is 3.67. The number of nitrogens with one attached hydrogen (secondary N) is 1. The molecule has 2 fully saturated rings. The van der Waals surface area contributed by atoms with Gasteiger partial charge >= 0.3 is 0 Å². The smallest absolute Gasteiger partial charge is 0.255 e. The maximum Gasteiger partial charge on any atom is 0.255 e. The van der Waals surface area contributed by atoms with Gasteiger partial charge in [-0.3, -0.25) is 4.79 Å².